The first-order chi connectivity index (χ1) is 17.6. The number of hydrogen-bond acceptors (Lipinski definition) is 5. The number of hydrogen-bond donors (Lipinski definition) is 1. The van der Waals surface area contributed by atoms with Gasteiger partial charge in [-0.05, 0) is 60.9 Å². The molecule has 11 heteroatoms. The number of ether oxygens (including phenoxy) is 1. The Morgan fingerprint density at radius 1 is 0.865 bits per heavy atom. The summed E-state index contributed by atoms with van der Waals surface area (Å²) in [5.74, 6) is -0.119. The van der Waals surface area contributed by atoms with Gasteiger partial charge in [-0.25, -0.2) is 13.1 Å². The van der Waals surface area contributed by atoms with Gasteiger partial charge in [-0.1, -0.05) is 30.3 Å². The largest absolute Gasteiger partial charge is 0.494 e. The highest BCUT2D eigenvalue weighted by molar-refractivity contribution is 7.89. The molecule has 1 heterocycles. The molecule has 0 saturated heterocycles. The molecule has 0 atom stereocenters. The zero-order chi connectivity index (χ0) is 26.6. The predicted molar refractivity (Wildman–Crippen MR) is 129 cm³/mol. The molecule has 0 aliphatic carbocycles. The number of carbonyl (C=O) groups is 2. The Morgan fingerprint density at radius 2 is 1.54 bits per heavy atom. The number of amides is 2. The molecular weight excluding hydrogens is 509 g/mol. The van der Waals surface area contributed by atoms with E-state index in [1.54, 1.807) is 48.5 Å². The molecule has 37 heavy (non-hydrogen) atoms. The average Bonchev–Trinajstić information content (AvgIpc) is 3.11. The number of carbonyl (C=O) groups excluding carboxylic acids is 2. The molecule has 7 nitrogen and oxygen atoms in total. The van der Waals surface area contributed by atoms with Crippen molar-refractivity contribution >= 4 is 21.8 Å². The number of benzene rings is 3. The minimum atomic E-state index is -4.64. The number of nitrogens with one attached hydrogen (secondary N) is 1. The maximum absolute atomic E-state index is 12.9. The van der Waals surface area contributed by atoms with E-state index in [1.807, 2.05) is 0 Å². The van der Waals surface area contributed by atoms with Gasteiger partial charge in [-0.15, -0.1) is 0 Å². The number of alkyl halides is 3. The first kappa shape index (κ1) is 26.4. The first-order valence-corrected chi connectivity index (χ1v) is 12.9. The van der Waals surface area contributed by atoms with Crippen molar-refractivity contribution in [1.82, 2.24) is 9.62 Å². The standard InChI is InChI=1S/C26H23F3N2O5S/c27-26(28,29)19-7-4-9-21(17-19)37(34,35)30-13-12-18-6-3-8-20(16-18)36-15-5-14-31-24(32)22-10-1-2-11-23(22)25(31)33/h1-4,6-11,16-17,30H,5,12-15H2. The summed E-state index contributed by atoms with van der Waals surface area (Å²) in [5, 5.41) is 0. The number of nitrogens with zero attached hydrogens (tertiary/aromatic N) is 1. The van der Waals surface area contributed by atoms with E-state index >= 15 is 0 Å². The van der Waals surface area contributed by atoms with E-state index in [2.05, 4.69) is 4.72 Å². The van der Waals surface area contributed by atoms with Crippen LogP contribution in [0.2, 0.25) is 0 Å². The van der Waals surface area contributed by atoms with Crippen LogP contribution in [0.15, 0.2) is 77.7 Å². The number of sulfonamides is 1. The van der Waals surface area contributed by atoms with Crippen molar-refractivity contribution in [1.29, 1.82) is 0 Å². The SMILES string of the molecule is O=C1c2ccccc2C(=O)N1CCCOc1cccc(CCNS(=O)(=O)c2cccc(C(F)(F)F)c2)c1. The molecule has 1 N–H and O–H groups in total. The van der Waals surface area contributed by atoms with Gasteiger partial charge >= 0.3 is 6.18 Å². The third-order valence-electron chi connectivity index (χ3n) is 5.75. The zero-order valence-corrected chi connectivity index (χ0v) is 20.3. The molecule has 0 saturated carbocycles. The highest BCUT2D eigenvalue weighted by Gasteiger charge is 2.34. The Bertz CT molecular complexity index is 1390. The smallest absolute Gasteiger partial charge is 0.416 e. The minimum absolute atomic E-state index is 0.0260. The second-order valence-electron chi connectivity index (χ2n) is 8.33. The lowest BCUT2D eigenvalue weighted by Gasteiger charge is -2.14. The Hall–Kier alpha value is -3.70. The van der Waals surface area contributed by atoms with Crippen molar-refractivity contribution < 1.29 is 35.9 Å². The molecule has 2 amide bonds. The molecule has 0 aromatic heterocycles. The molecule has 194 valence electrons. The molecule has 1 aliphatic heterocycles. The van der Waals surface area contributed by atoms with Crippen LogP contribution >= 0.6 is 0 Å². The molecule has 4 rings (SSSR count). The van der Waals surface area contributed by atoms with Gasteiger partial charge in [-0.3, -0.25) is 14.5 Å². The highest BCUT2D eigenvalue weighted by Crippen LogP contribution is 2.30. The van der Waals surface area contributed by atoms with Gasteiger partial charge in [-0.2, -0.15) is 13.2 Å². The van der Waals surface area contributed by atoms with E-state index in [-0.39, 0.29) is 37.9 Å². The molecule has 0 fully saturated rings. The summed E-state index contributed by atoms with van der Waals surface area (Å²) < 4.78 is 71.5. The number of imide groups is 1. The van der Waals surface area contributed by atoms with Crippen molar-refractivity contribution in [2.45, 2.75) is 23.9 Å². The van der Waals surface area contributed by atoms with Crippen LogP contribution in [-0.2, 0) is 22.6 Å². The Labute approximate surface area is 211 Å². The second-order valence-corrected chi connectivity index (χ2v) is 10.1. The summed E-state index contributed by atoms with van der Waals surface area (Å²) in [6.07, 6.45) is -3.94. The number of rotatable bonds is 10. The van der Waals surface area contributed by atoms with Gasteiger partial charge in [0, 0.05) is 13.1 Å². The Balaban J connectivity index is 1.26. The van der Waals surface area contributed by atoms with Crippen molar-refractivity contribution in [2.24, 2.45) is 0 Å². The molecule has 0 unspecified atom stereocenters. The number of halogens is 3. The van der Waals surface area contributed by atoms with Gasteiger partial charge in [0.25, 0.3) is 11.8 Å². The molecular formula is C26H23F3N2O5S. The van der Waals surface area contributed by atoms with E-state index in [4.69, 9.17) is 4.74 Å². The lowest BCUT2D eigenvalue weighted by molar-refractivity contribution is -0.137. The molecule has 0 radical (unpaired) electrons. The lowest BCUT2D eigenvalue weighted by atomic mass is 10.1. The molecule has 3 aromatic carbocycles. The van der Waals surface area contributed by atoms with Crippen molar-refractivity contribution in [3.05, 3.63) is 95.1 Å². The third-order valence-corrected chi connectivity index (χ3v) is 7.21. The van der Waals surface area contributed by atoms with Crippen LogP contribution in [0.1, 0.15) is 38.3 Å². The molecule has 0 spiro atoms. The van der Waals surface area contributed by atoms with E-state index < -0.39 is 26.7 Å². The van der Waals surface area contributed by atoms with E-state index in [1.165, 1.54) is 4.90 Å². The second kappa shape index (κ2) is 10.7. The Kier molecular flexibility index (Phi) is 7.65. The van der Waals surface area contributed by atoms with Gasteiger partial charge in [0.1, 0.15) is 5.75 Å². The zero-order valence-electron chi connectivity index (χ0n) is 19.5. The van der Waals surface area contributed by atoms with Crippen LogP contribution in [0.25, 0.3) is 0 Å². The summed E-state index contributed by atoms with van der Waals surface area (Å²) in [6.45, 7) is 0.435. The van der Waals surface area contributed by atoms with Gasteiger partial charge in [0.05, 0.1) is 28.2 Å². The molecule has 3 aromatic rings. The van der Waals surface area contributed by atoms with Gasteiger partial charge < -0.3 is 4.74 Å². The summed E-state index contributed by atoms with van der Waals surface area (Å²) >= 11 is 0. The monoisotopic (exact) mass is 532 g/mol. The van der Waals surface area contributed by atoms with Crippen molar-refractivity contribution in [3.63, 3.8) is 0 Å². The van der Waals surface area contributed by atoms with Crippen LogP contribution in [0, 0.1) is 0 Å². The summed E-state index contributed by atoms with van der Waals surface area (Å²) in [7, 11) is -4.12. The molecule has 0 bridgehead atoms. The fourth-order valence-electron chi connectivity index (χ4n) is 3.90. The lowest BCUT2D eigenvalue weighted by Crippen LogP contribution is -2.31. The first-order valence-electron chi connectivity index (χ1n) is 11.4. The van der Waals surface area contributed by atoms with Gasteiger partial charge in [0.15, 0.2) is 0 Å². The predicted octanol–water partition coefficient (Wildman–Crippen LogP) is 4.29. The van der Waals surface area contributed by atoms with Crippen LogP contribution in [-0.4, -0.2) is 44.8 Å². The van der Waals surface area contributed by atoms with Crippen LogP contribution in [0.4, 0.5) is 13.2 Å². The normalized spacial score (nSPS) is 13.6. The van der Waals surface area contributed by atoms with Crippen molar-refractivity contribution in [3.8, 4) is 5.75 Å². The minimum Gasteiger partial charge on any atom is -0.494 e. The Morgan fingerprint density at radius 3 is 2.22 bits per heavy atom. The van der Waals surface area contributed by atoms with E-state index in [0.717, 1.165) is 23.8 Å². The maximum atomic E-state index is 12.9. The van der Waals surface area contributed by atoms with E-state index in [0.29, 0.717) is 29.4 Å². The third kappa shape index (κ3) is 6.17. The van der Waals surface area contributed by atoms with Crippen LogP contribution < -0.4 is 9.46 Å². The fourth-order valence-corrected chi connectivity index (χ4v) is 4.98. The van der Waals surface area contributed by atoms with Crippen LogP contribution in [0.5, 0.6) is 5.75 Å². The summed E-state index contributed by atoms with van der Waals surface area (Å²) in [6, 6.07) is 17.2. The summed E-state index contributed by atoms with van der Waals surface area (Å²) in [5.41, 5.74) is 0.502. The molecule has 1 aliphatic rings. The van der Waals surface area contributed by atoms with E-state index in [9.17, 15) is 31.2 Å². The van der Waals surface area contributed by atoms with Crippen LogP contribution in [0.3, 0.4) is 0 Å². The highest BCUT2D eigenvalue weighted by atomic mass is 32.2. The topological polar surface area (TPSA) is 92.8 Å². The van der Waals surface area contributed by atoms with Gasteiger partial charge in [0.2, 0.25) is 10.0 Å². The number of fused-ring (bicyclic) bond motifs is 1. The quantitative estimate of drug-likeness (QED) is 0.311. The summed E-state index contributed by atoms with van der Waals surface area (Å²) in [4.78, 5) is 25.5. The maximum Gasteiger partial charge on any atom is 0.416 e. The average molecular weight is 533 g/mol. The van der Waals surface area contributed by atoms with Crippen molar-refractivity contribution in [2.75, 3.05) is 19.7 Å². The fraction of sp³-hybridized carbons (Fsp3) is 0.231.